The number of carbonyl (C=O) groups is 1. The van der Waals surface area contributed by atoms with Crippen LogP contribution in [0.15, 0.2) is 24.3 Å². The minimum atomic E-state index is -0.338. The van der Waals surface area contributed by atoms with Crippen molar-refractivity contribution < 1.29 is 4.79 Å². The highest BCUT2D eigenvalue weighted by Crippen LogP contribution is 2.29. The molecule has 2 aromatic rings. The number of nitrogens with one attached hydrogen (secondary N) is 1. The van der Waals surface area contributed by atoms with Crippen molar-refractivity contribution in [3.8, 4) is 0 Å². The van der Waals surface area contributed by atoms with Crippen molar-refractivity contribution in [3.63, 3.8) is 0 Å². The summed E-state index contributed by atoms with van der Waals surface area (Å²) in [5, 5.41) is 1.03. The third kappa shape index (κ3) is 1.64. The number of fused-ring (bicyclic) bond motifs is 1. The number of H-pyrrole nitrogens is 1. The van der Waals surface area contributed by atoms with E-state index in [4.69, 9.17) is 0 Å². The Morgan fingerprint density at radius 3 is 2.44 bits per heavy atom. The van der Waals surface area contributed by atoms with E-state index < -0.39 is 0 Å². The lowest BCUT2D eigenvalue weighted by molar-refractivity contribution is 0.0859. The number of para-hydroxylation sites is 1. The van der Waals surface area contributed by atoms with E-state index in [1.54, 1.807) is 0 Å². The molecule has 1 aromatic carbocycles. The molecule has 0 saturated heterocycles. The molecule has 0 aliphatic rings. The molecule has 0 bridgehead atoms. The van der Waals surface area contributed by atoms with Crippen molar-refractivity contribution in [3.05, 3.63) is 35.5 Å². The fourth-order valence-electron chi connectivity index (χ4n) is 1.94. The highest BCUT2D eigenvalue weighted by Gasteiger charge is 2.26. The van der Waals surface area contributed by atoms with Crippen LogP contribution < -0.4 is 0 Å². The summed E-state index contributed by atoms with van der Waals surface area (Å²) in [6, 6.07) is 7.94. The molecule has 0 radical (unpaired) electrons. The van der Waals surface area contributed by atoms with E-state index in [1.165, 1.54) is 0 Å². The first-order valence-electron chi connectivity index (χ1n) is 5.53. The van der Waals surface area contributed by atoms with Gasteiger partial charge in [0.25, 0.3) is 0 Å². The van der Waals surface area contributed by atoms with E-state index in [-0.39, 0.29) is 11.2 Å². The summed E-state index contributed by atoms with van der Waals surface area (Å²) in [7, 11) is 0. The molecule has 0 aliphatic heterocycles. The van der Waals surface area contributed by atoms with E-state index in [0.29, 0.717) is 0 Å². The Bertz CT molecular complexity index is 543. The van der Waals surface area contributed by atoms with E-state index in [2.05, 4.69) is 4.98 Å². The van der Waals surface area contributed by atoms with Gasteiger partial charge in [0.15, 0.2) is 5.78 Å². The van der Waals surface area contributed by atoms with Gasteiger partial charge in [0.1, 0.15) is 0 Å². The van der Waals surface area contributed by atoms with Gasteiger partial charge in [0, 0.05) is 27.6 Å². The molecule has 0 saturated carbocycles. The summed E-state index contributed by atoms with van der Waals surface area (Å²) in [6.07, 6.45) is 0. The topological polar surface area (TPSA) is 32.9 Å². The zero-order valence-corrected chi connectivity index (χ0v) is 10.2. The van der Waals surface area contributed by atoms with Gasteiger partial charge in [-0.3, -0.25) is 4.79 Å². The largest absolute Gasteiger partial charge is 0.358 e. The van der Waals surface area contributed by atoms with Crippen LogP contribution >= 0.6 is 0 Å². The number of hydrogen-bond donors (Lipinski definition) is 1. The second kappa shape index (κ2) is 3.48. The van der Waals surface area contributed by atoms with Gasteiger partial charge in [-0.05, 0) is 13.0 Å². The van der Waals surface area contributed by atoms with Crippen LogP contribution in [0.3, 0.4) is 0 Å². The molecule has 16 heavy (non-hydrogen) atoms. The predicted molar refractivity (Wildman–Crippen MR) is 66.8 cm³/mol. The van der Waals surface area contributed by atoms with Gasteiger partial charge in [0.05, 0.1) is 0 Å². The number of hydrogen-bond acceptors (Lipinski definition) is 1. The average molecular weight is 215 g/mol. The van der Waals surface area contributed by atoms with Crippen LogP contribution in [-0.2, 0) is 0 Å². The number of ketones is 1. The standard InChI is InChI=1S/C14H17NO/c1-9-12(13(16)14(2,3)4)10-7-5-6-8-11(10)15-9/h5-8,15H,1-4H3. The molecule has 1 N–H and O–H groups in total. The van der Waals surface area contributed by atoms with Gasteiger partial charge in [-0.25, -0.2) is 0 Å². The fraction of sp³-hybridized carbons (Fsp3) is 0.357. The van der Waals surface area contributed by atoms with Crippen molar-refractivity contribution >= 4 is 16.7 Å². The molecule has 0 unspecified atom stereocenters. The molecule has 0 fully saturated rings. The molecule has 0 atom stereocenters. The average Bonchev–Trinajstić information content (AvgIpc) is 2.51. The molecule has 0 aliphatic carbocycles. The van der Waals surface area contributed by atoms with Crippen molar-refractivity contribution in [2.24, 2.45) is 5.41 Å². The maximum atomic E-state index is 12.3. The molecular formula is C14H17NO. The third-order valence-corrected chi connectivity index (χ3v) is 2.80. The molecule has 2 heteroatoms. The summed E-state index contributed by atoms with van der Waals surface area (Å²) >= 11 is 0. The third-order valence-electron chi connectivity index (χ3n) is 2.80. The van der Waals surface area contributed by atoms with Gasteiger partial charge in [-0.1, -0.05) is 39.0 Å². The smallest absolute Gasteiger partial charge is 0.170 e. The van der Waals surface area contributed by atoms with Crippen molar-refractivity contribution in [2.45, 2.75) is 27.7 Å². The summed E-state index contributed by atoms with van der Waals surface area (Å²) in [6.45, 7) is 7.82. The van der Waals surface area contributed by atoms with Crippen LogP contribution in [0.5, 0.6) is 0 Å². The second-order valence-corrected chi connectivity index (χ2v) is 5.25. The predicted octanol–water partition coefficient (Wildman–Crippen LogP) is 3.71. The normalized spacial score (nSPS) is 12.0. The number of aromatic amines is 1. The minimum Gasteiger partial charge on any atom is -0.358 e. The van der Waals surface area contributed by atoms with Crippen LogP contribution in [0.25, 0.3) is 10.9 Å². The Balaban J connectivity index is 2.69. The van der Waals surface area contributed by atoms with E-state index in [9.17, 15) is 4.79 Å². The van der Waals surface area contributed by atoms with E-state index in [1.807, 2.05) is 52.0 Å². The van der Waals surface area contributed by atoms with E-state index in [0.717, 1.165) is 22.2 Å². The highest BCUT2D eigenvalue weighted by molar-refractivity contribution is 6.11. The Morgan fingerprint density at radius 2 is 1.81 bits per heavy atom. The number of aromatic nitrogens is 1. The quantitative estimate of drug-likeness (QED) is 0.723. The fourth-order valence-corrected chi connectivity index (χ4v) is 1.94. The number of aryl methyl sites for hydroxylation is 1. The lowest BCUT2D eigenvalue weighted by Gasteiger charge is -2.16. The maximum absolute atomic E-state index is 12.3. The van der Waals surface area contributed by atoms with Crippen molar-refractivity contribution in [1.82, 2.24) is 4.98 Å². The molecule has 2 nitrogen and oxygen atoms in total. The Kier molecular flexibility index (Phi) is 2.38. The van der Waals surface area contributed by atoms with Crippen LogP contribution in [-0.4, -0.2) is 10.8 Å². The zero-order chi connectivity index (χ0) is 11.9. The van der Waals surface area contributed by atoms with Crippen molar-refractivity contribution in [2.75, 3.05) is 0 Å². The SMILES string of the molecule is Cc1[nH]c2ccccc2c1C(=O)C(C)(C)C. The highest BCUT2D eigenvalue weighted by atomic mass is 16.1. The monoisotopic (exact) mass is 215 g/mol. The second-order valence-electron chi connectivity index (χ2n) is 5.25. The molecule has 0 spiro atoms. The molecule has 84 valence electrons. The summed E-state index contributed by atoms with van der Waals surface area (Å²) in [4.78, 5) is 15.6. The number of carbonyl (C=O) groups excluding carboxylic acids is 1. The molecular weight excluding hydrogens is 198 g/mol. The van der Waals surface area contributed by atoms with Gasteiger partial charge >= 0.3 is 0 Å². The molecule has 0 amide bonds. The zero-order valence-electron chi connectivity index (χ0n) is 10.2. The van der Waals surface area contributed by atoms with Gasteiger partial charge in [0.2, 0.25) is 0 Å². The van der Waals surface area contributed by atoms with Crippen molar-refractivity contribution in [1.29, 1.82) is 0 Å². The Hall–Kier alpha value is -1.57. The van der Waals surface area contributed by atoms with Crippen LogP contribution in [0.4, 0.5) is 0 Å². The summed E-state index contributed by atoms with van der Waals surface area (Å²) < 4.78 is 0. The van der Waals surface area contributed by atoms with Crippen LogP contribution in [0.1, 0.15) is 36.8 Å². The van der Waals surface area contributed by atoms with Gasteiger partial charge in [-0.2, -0.15) is 0 Å². The first kappa shape index (κ1) is 10.9. The number of rotatable bonds is 1. The number of benzene rings is 1. The molecule has 1 aromatic heterocycles. The first-order chi connectivity index (χ1) is 7.41. The lowest BCUT2D eigenvalue weighted by atomic mass is 9.85. The van der Waals surface area contributed by atoms with Crippen LogP contribution in [0.2, 0.25) is 0 Å². The Labute approximate surface area is 95.7 Å². The summed E-state index contributed by atoms with van der Waals surface area (Å²) in [5.74, 6) is 0.197. The molecule has 2 rings (SSSR count). The minimum absolute atomic E-state index is 0.197. The number of Topliss-reactive ketones (excluding diaryl/α,β-unsaturated/α-hetero) is 1. The first-order valence-corrected chi connectivity index (χ1v) is 5.53. The van der Waals surface area contributed by atoms with E-state index >= 15 is 0 Å². The van der Waals surface area contributed by atoms with Crippen LogP contribution in [0, 0.1) is 12.3 Å². The molecule has 1 heterocycles. The lowest BCUT2D eigenvalue weighted by Crippen LogP contribution is -2.20. The summed E-state index contributed by atoms with van der Waals surface area (Å²) in [5.41, 5.74) is 2.49. The van der Waals surface area contributed by atoms with Gasteiger partial charge in [-0.15, -0.1) is 0 Å². The van der Waals surface area contributed by atoms with Gasteiger partial charge < -0.3 is 4.98 Å². The Morgan fingerprint density at radius 1 is 1.19 bits per heavy atom. The maximum Gasteiger partial charge on any atom is 0.170 e.